The van der Waals surface area contributed by atoms with Crippen molar-refractivity contribution in [1.82, 2.24) is 9.80 Å². The number of hydrogen-bond donors (Lipinski definition) is 0. The monoisotopic (exact) mass is 376 g/mol. The fraction of sp³-hybridized carbons (Fsp3) is 0.368. The Labute approximate surface area is 148 Å². The van der Waals surface area contributed by atoms with E-state index in [2.05, 4.69) is 76.2 Å². The number of rotatable bonds is 8. The van der Waals surface area contributed by atoms with Crippen molar-refractivity contribution in [2.24, 2.45) is 0 Å². The maximum atomic E-state index is 5.52. The molecule has 124 valence electrons. The number of benzene rings is 2. The zero-order valence-electron chi connectivity index (χ0n) is 14.1. The lowest BCUT2D eigenvalue weighted by Crippen LogP contribution is -2.31. The van der Waals surface area contributed by atoms with Crippen LogP contribution in [0.1, 0.15) is 11.1 Å². The van der Waals surface area contributed by atoms with Crippen LogP contribution in [0.5, 0.6) is 5.75 Å². The van der Waals surface area contributed by atoms with Gasteiger partial charge in [-0.3, -0.25) is 4.90 Å². The summed E-state index contributed by atoms with van der Waals surface area (Å²) in [5.74, 6) is 0.941. The van der Waals surface area contributed by atoms with Gasteiger partial charge in [0, 0.05) is 36.2 Å². The highest BCUT2D eigenvalue weighted by molar-refractivity contribution is 9.10. The zero-order valence-corrected chi connectivity index (χ0v) is 15.7. The van der Waals surface area contributed by atoms with Crippen LogP contribution in [0, 0.1) is 0 Å². The normalized spacial score (nSPS) is 11.2. The average molecular weight is 377 g/mol. The topological polar surface area (TPSA) is 15.7 Å². The molecule has 0 N–H and O–H groups in total. The summed E-state index contributed by atoms with van der Waals surface area (Å²) in [6, 6.07) is 16.8. The van der Waals surface area contributed by atoms with Gasteiger partial charge in [0.25, 0.3) is 0 Å². The van der Waals surface area contributed by atoms with E-state index in [1.165, 1.54) is 11.1 Å². The van der Waals surface area contributed by atoms with E-state index in [1.807, 2.05) is 12.1 Å². The summed E-state index contributed by atoms with van der Waals surface area (Å²) < 4.78 is 6.60. The van der Waals surface area contributed by atoms with Crippen molar-refractivity contribution >= 4 is 15.9 Å². The first-order valence-corrected chi connectivity index (χ1v) is 8.61. The molecule has 2 aromatic carbocycles. The van der Waals surface area contributed by atoms with Crippen LogP contribution >= 0.6 is 15.9 Å². The third kappa shape index (κ3) is 5.98. The Bertz CT molecular complexity index is 602. The van der Waals surface area contributed by atoms with Crippen LogP contribution in [0.15, 0.2) is 53.0 Å². The second kappa shape index (κ2) is 9.06. The highest BCUT2D eigenvalue weighted by Gasteiger charge is 2.11. The van der Waals surface area contributed by atoms with E-state index in [4.69, 9.17) is 4.74 Å². The second-order valence-corrected chi connectivity index (χ2v) is 6.87. The van der Waals surface area contributed by atoms with Gasteiger partial charge in [0.15, 0.2) is 0 Å². The van der Waals surface area contributed by atoms with E-state index in [9.17, 15) is 0 Å². The minimum atomic E-state index is 0.866. The van der Waals surface area contributed by atoms with E-state index in [1.54, 1.807) is 7.11 Å². The van der Waals surface area contributed by atoms with E-state index >= 15 is 0 Å². The molecule has 0 saturated heterocycles. The highest BCUT2D eigenvalue weighted by Crippen LogP contribution is 2.25. The summed E-state index contributed by atoms with van der Waals surface area (Å²) in [7, 11) is 5.95. The van der Waals surface area contributed by atoms with Crippen molar-refractivity contribution in [3.8, 4) is 5.75 Å². The molecular formula is C19H25BrN2O. The molecule has 0 atom stereocenters. The van der Waals surface area contributed by atoms with Gasteiger partial charge in [-0.1, -0.05) is 46.3 Å². The van der Waals surface area contributed by atoms with Gasteiger partial charge in [-0.15, -0.1) is 0 Å². The molecule has 3 nitrogen and oxygen atoms in total. The minimum absolute atomic E-state index is 0.866. The van der Waals surface area contributed by atoms with E-state index < -0.39 is 0 Å². The fourth-order valence-corrected chi connectivity index (χ4v) is 2.92. The first kappa shape index (κ1) is 18.0. The van der Waals surface area contributed by atoms with Gasteiger partial charge in [0.2, 0.25) is 0 Å². The molecule has 0 fully saturated rings. The van der Waals surface area contributed by atoms with Crippen molar-refractivity contribution in [3.05, 3.63) is 64.1 Å². The summed E-state index contributed by atoms with van der Waals surface area (Å²) in [5.41, 5.74) is 2.54. The number of ether oxygens (including phenoxy) is 1. The first-order chi connectivity index (χ1) is 11.1. The molecule has 0 aliphatic heterocycles. The smallest absolute Gasteiger partial charge is 0.123 e. The predicted octanol–water partition coefficient (Wildman–Crippen LogP) is 4.02. The molecule has 0 saturated carbocycles. The Morgan fingerprint density at radius 1 is 0.957 bits per heavy atom. The third-order valence-electron chi connectivity index (χ3n) is 3.75. The number of methoxy groups -OCH3 is 1. The van der Waals surface area contributed by atoms with Gasteiger partial charge in [-0.05, 0) is 37.9 Å². The molecule has 23 heavy (non-hydrogen) atoms. The maximum Gasteiger partial charge on any atom is 0.123 e. The van der Waals surface area contributed by atoms with Gasteiger partial charge < -0.3 is 9.64 Å². The predicted molar refractivity (Wildman–Crippen MR) is 99.8 cm³/mol. The van der Waals surface area contributed by atoms with Gasteiger partial charge in [0.1, 0.15) is 5.75 Å². The van der Waals surface area contributed by atoms with Gasteiger partial charge in [-0.25, -0.2) is 0 Å². The van der Waals surface area contributed by atoms with Gasteiger partial charge >= 0.3 is 0 Å². The average Bonchev–Trinajstić information content (AvgIpc) is 2.54. The Morgan fingerprint density at radius 3 is 2.35 bits per heavy atom. The SMILES string of the molecule is COc1ccc(Br)cc1CN(CCN(C)C)Cc1ccccc1. The van der Waals surface area contributed by atoms with Gasteiger partial charge in [0.05, 0.1) is 7.11 Å². The molecule has 0 bridgehead atoms. The standard InChI is InChI=1S/C19H25BrN2O/c1-21(2)11-12-22(14-16-7-5-4-6-8-16)15-17-13-18(20)9-10-19(17)23-3/h4-10,13H,11-12,14-15H2,1-3H3. The zero-order chi connectivity index (χ0) is 16.7. The van der Waals surface area contributed by atoms with Gasteiger partial charge in [-0.2, -0.15) is 0 Å². The largest absolute Gasteiger partial charge is 0.496 e. The molecule has 0 aliphatic carbocycles. The second-order valence-electron chi connectivity index (χ2n) is 5.96. The Kier molecular flexibility index (Phi) is 7.09. The summed E-state index contributed by atoms with van der Waals surface area (Å²) in [6.07, 6.45) is 0. The molecule has 2 rings (SSSR count). The first-order valence-electron chi connectivity index (χ1n) is 7.82. The molecule has 0 amide bonds. The van der Waals surface area contributed by atoms with Crippen LogP contribution in [0.3, 0.4) is 0 Å². The van der Waals surface area contributed by atoms with Crippen LogP contribution in [0.4, 0.5) is 0 Å². The summed E-state index contributed by atoms with van der Waals surface area (Å²) in [6.45, 7) is 3.84. The van der Waals surface area contributed by atoms with E-state index in [0.29, 0.717) is 0 Å². The Balaban J connectivity index is 2.15. The Hall–Kier alpha value is -1.36. The van der Waals surface area contributed by atoms with E-state index in [-0.39, 0.29) is 0 Å². The summed E-state index contributed by atoms with van der Waals surface area (Å²) in [5, 5.41) is 0. The van der Waals surface area contributed by atoms with Crippen molar-refractivity contribution in [3.63, 3.8) is 0 Å². The summed E-state index contributed by atoms with van der Waals surface area (Å²) in [4.78, 5) is 4.68. The fourth-order valence-electron chi connectivity index (χ4n) is 2.51. The Morgan fingerprint density at radius 2 is 1.70 bits per heavy atom. The lowest BCUT2D eigenvalue weighted by molar-refractivity contribution is 0.223. The molecule has 0 heterocycles. The molecule has 0 radical (unpaired) electrons. The van der Waals surface area contributed by atoms with E-state index in [0.717, 1.165) is 36.4 Å². The van der Waals surface area contributed by atoms with Crippen molar-refractivity contribution in [2.45, 2.75) is 13.1 Å². The molecule has 4 heteroatoms. The number of nitrogens with zero attached hydrogens (tertiary/aromatic N) is 2. The highest BCUT2D eigenvalue weighted by atomic mass is 79.9. The molecule has 0 aromatic heterocycles. The maximum absolute atomic E-state index is 5.52. The lowest BCUT2D eigenvalue weighted by atomic mass is 10.1. The molecule has 0 spiro atoms. The van der Waals surface area contributed by atoms with Crippen molar-refractivity contribution in [2.75, 3.05) is 34.3 Å². The number of hydrogen-bond acceptors (Lipinski definition) is 3. The summed E-state index contributed by atoms with van der Waals surface area (Å²) >= 11 is 3.56. The lowest BCUT2D eigenvalue weighted by Gasteiger charge is -2.25. The third-order valence-corrected chi connectivity index (χ3v) is 4.24. The van der Waals surface area contributed by atoms with Crippen LogP contribution < -0.4 is 4.74 Å². The van der Waals surface area contributed by atoms with Crippen LogP contribution in [0.25, 0.3) is 0 Å². The van der Waals surface area contributed by atoms with Crippen LogP contribution in [-0.2, 0) is 13.1 Å². The minimum Gasteiger partial charge on any atom is -0.496 e. The molecular weight excluding hydrogens is 352 g/mol. The van der Waals surface area contributed by atoms with Crippen molar-refractivity contribution in [1.29, 1.82) is 0 Å². The molecule has 0 unspecified atom stereocenters. The van der Waals surface area contributed by atoms with Crippen molar-refractivity contribution < 1.29 is 4.74 Å². The molecule has 2 aromatic rings. The number of halogens is 1. The van der Waals surface area contributed by atoms with Crippen LogP contribution in [-0.4, -0.2) is 44.1 Å². The quantitative estimate of drug-likeness (QED) is 0.691. The van der Waals surface area contributed by atoms with Crippen LogP contribution in [0.2, 0.25) is 0 Å². The molecule has 0 aliphatic rings. The number of likely N-dealkylation sites (N-methyl/N-ethyl adjacent to an activating group) is 1.